The van der Waals surface area contributed by atoms with Crippen LogP contribution >= 0.6 is 23.2 Å². The highest BCUT2D eigenvalue weighted by atomic mass is 35.5. The van der Waals surface area contributed by atoms with Crippen LogP contribution in [0.15, 0.2) is 36.4 Å². The average molecular weight is 311 g/mol. The maximum atomic E-state index is 6.15. The van der Waals surface area contributed by atoms with Crippen LogP contribution in [0.2, 0.25) is 10.0 Å². The molecule has 2 aromatic rings. The van der Waals surface area contributed by atoms with Gasteiger partial charge in [0.2, 0.25) is 0 Å². The lowest BCUT2D eigenvalue weighted by molar-refractivity contribution is 0.244. The summed E-state index contributed by atoms with van der Waals surface area (Å²) in [6, 6.07) is 11.0. The quantitative estimate of drug-likeness (QED) is 0.772. The van der Waals surface area contributed by atoms with Crippen molar-refractivity contribution < 1.29 is 4.74 Å². The standard InChI is InChI=1S/C15H16Cl2N2O/c1-9(2)20-13-8-4-7-12(15(13)18)19-11-6-3-5-10(16)14(11)17/h3-9,19H,18H2,1-2H3. The molecule has 0 aromatic heterocycles. The Balaban J connectivity index is 2.32. The first-order valence-electron chi connectivity index (χ1n) is 6.25. The smallest absolute Gasteiger partial charge is 0.144 e. The minimum atomic E-state index is 0.0577. The topological polar surface area (TPSA) is 47.3 Å². The zero-order valence-corrected chi connectivity index (χ0v) is 12.8. The molecule has 2 rings (SSSR count). The van der Waals surface area contributed by atoms with Gasteiger partial charge in [-0.1, -0.05) is 35.3 Å². The Bertz CT molecular complexity index is 615. The van der Waals surface area contributed by atoms with Crippen molar-refractivity contribution in [3.63, 3.8) is 0 Å². The highest BCUT2D eigenvalue weighted by Gasteiger charge is 2.10. The molecular weight excluding hydrogens is 295 g/mol. The fourth-order valence-electron chi connectivity index (χ4n) is 1.76. The molecule has 20 heavy (non-hydrogen) atoms. The molecule has 0 saturated carbocycles. The summed E-state index contributed by atoms with van der Waals surface area (Å²) in [5.74, 6) is 0.642. The van der Waals surface area contributed by atoms with Gasteiger partial charge in [0.1, 0.15) is 5.75 Å². The maximum absolute atomic E-state index is 6.15. The molecule has 5 heteroatoms. The predicted molar refractivity (Wildman–Crippen MR) is 86.4 cm³/mol. The Labute approximate surface area is 128 Å². The van der Waals surface area contributed by atoms with Gasteiger partial charge in [0.15, 0.2) is 0 Å². The second kappa shape index (κ2) is 6.25. The molecule has 0 aliphatic heterocycles. The highest BCUT2D eigenvalue weighted by molar-refractivity contribution is 6.43. The lowest BCUT2D eigenvalue weighted by Crippen LogP contribution is -2.08. The number of nitrogen functional groups attached to an aromatic ring is 1. The van der Waals surface area contributed by atoms with Crippen molar-refractivity contribution in [1.82, 2.24) is 0 Å². The van der Waals surface area contributed by atoms with Crippen molar-refractivity contribution in [2.75, 3.05) is 11.1 Å². The van der Waals surface area contributed by atoms with Gasteiger partial charge in [-0.15, -0.1) is 0 Å². The lowest BCUT2D eigenvalue weighted by atomic mass is 10.2. The number of hydrogen-bond acceptors (Lipinski definition) is 3. The SMILES string of the molecule is CC(C)Oc1cccc(Nc2cccc(Cl)c2Cl)c1N. The van der Waals surface area contributed by atoms with Gasteiger partial charge in [-0.2, -0.15) is 0 Å². The summed E-state index contributed by atoms with van der Waals surface area (Å²) in [4.78, 5) is 0. The third kappa shape index (κ3) is 3.30. The summed E-state index contributed by atoms with van der Waals surface area (Å²) in [6.07, 6.45) is 0.0577. The number of nitrogens with two attached hydrogens (primary N) is 1. The number of rotatable bonds is 4. The van der Waals surface area contributed by atoms with E-state index in [2.05, 4.69) is 5.32 Å². The number of nitrogens with one attached hydrogen (secondary N) is 1. The summed E-state index contributed by atoms with van der Waals surface area (Å²) in [5, 5.41) is 4.13. The molecule has 0 saturated heterocycles. The third-order valence-corrected chi connectivity index (χ3v) is 3.47. The summed E-state index contributed by atoms with van der Waals surface area (Å²) < 4.78 is 5.65. The fourth-order valence-corrected chi connectivity index (χ4v) is 2.10. The Hall–Kier alpha value is -1.58. The second-order valence-electron chi connectivity index (χ2n) is 4.61. The molecule has 3 nitrogen and oxygen atoms in total. The van der Waals surface area contributed by atoms with Gasteiger partial charge in [0.25, 0.3) is 0 Å². The van der Waals surface area contributed by atoms with E-state index in [9.17, 15) is 0 Å². The minimum absolute atomic E-state index is 0.0577. The Kier molecular flexibility index (Phi) is 4.63. The van der Waals surface area contributed by atoms with Crippen molar-refractivity contribution in [2.24, 2.45) is 0 Å². The van der Waals surface area contributed by atoms with Crippen LogP contribution in [0, 0.1) is 0 Å². The van der Waals surface area contributed by atoms with Crippen LogP contribution < -0.4 is 15.8 Å². The Morgan fingerprint density at radius 1 is 1.05 bits per heavy atom. The van der Waals surface area contributed by atoms with E-state index in [-0.39, 0.29) is 6.10 Å². The average Bonchev–Trinajstić information content (AvgIpc) is 2.39. The Morgan fingerprint density at radius 3 is 2.40 bits per heavy atom. The molecule has 0 heterocycles. The molecule has 0 unspecified atom stereocenters. The molecule has 0 aliphatic rings. The van der Waals surface area contributed by atoms with Crippen LogP contribution in [-0.2, 0) is 0 Å². The Morgan fingerprint density at radius 2 is 1.70 bits per heavy atom. The zero-order chi connectivity index (χ0) is 14.7. The molecule has 106 valence electrons. The summed E-state index contributed by atoms with van der Waals surface area (Å²) in [5.41, 5.74) is 8.07. The predicted octanol–water partition coefficient (Wildman–Crippen LogP) is 5.11. The minimum Gasteiger partial charge on any atom is -0.489 e. The summed E-state index contributed by atoms with van der Waals surface area (Å²) >= 11 is 12.1. The lowest BCUT2D eigenvalue weighted by Gasteiger charge is -2.16. The van der Waals surface area contributed by atoms with Gasteiger partial charge in [-0.05, 0) is 38.1 Å². The van der Waals surface area contributed by atoms with Gasteiger partial charge in [0, 0.05) is 0 Å². The van der Waals surface area contributed by atoms with Crippen molar-refractivity contribution in [2.45, 2.75) is 20.0 Å². The van der Waals surface area contributed by atoms with Crippen LogP contribution in [0.5, 0.6) is 5.75 Å². The van der Waals surface area contributed by atoms with E-state index in [1.54, 1.807) is 6.07 Å². The van der Waals surface area contributed by atoms with E-state index < -0.39 is 0 Å². The fraction of sp³-hybridized carbons (Fsp3) is 0.200. The largest absolute Gasteiger partial charge is 0.489 e. The van der Waals surface area contributed by atoms with E-state index in [4.69, 9.17) is 33.7 Å². The van der Waals surface area contributed by atoms with E-state index in [0.717, 1.165) is 5.69 Å². The second-order valence-corrected chi connectivity index (χ2v) is 5.40. The highest BCUT2D eigenvalue weighted by Crippen LogP contribution is 2.36. The number of ether oxygens (including phenoxy) is 1. The first kappa shape index (κ1) is 14.8. The molecule has 0 fully saturated rings. The molecule has 0 bridgehead atoms. The van der Waals surface area contributed by atoms with Crippen LogP contribution in [0.1, 0.15) is 13.8 Å². The molecule has 0 spiro atoms. The number of anilines is 3. The van der Waals surface area contributed by atoms with Gasteiger partial charge in [0.05, 0.1) is 33.2 Å². The van der Waals surface area contributed by atoms with Crippen LogP contribution in [-0.4, -0.2) is 6.10 Å². The molecule has 0 aliphatic carbocycles. The van der Waals surface area contributed by atoms with Crippen LogP contribution in [0.4, 0.5) is 17.1 Å². The zero-order valence-electron chi connectivity index (χ0n) is 11.3. The number of benzene rings is 2. The maximum Gasteiger partial charge on any atom is 0.144 e. The number of hydrogen-bond donors (Lipinski definition) is 2. The molecular formula is C15H16Cl2N2O. The molecule has 0 atom stereocenters. The van der Waals surface area contributed by atoms with Gasteiger partial charge >= 0.3 is 0 Å². The van der Waals surface area contributed by atoms with Crippen molar-refractivity contribution in [1.29, 1.82) is 0 Å². The van der Waals surface area contributed by atoms with Gasteiger partial charge in [-0.25, -0.2) is 0 Å². The van der Waals surface area contributed by atoms with Crippen molar-refractivity contribution in [3.8, 4) is 5.75 Å². The van der Waals surface area contributed by atoms with E-state index in [1.807, 2.05) is 44.2 Å². The van der Waals surface area contributed by atoms with Gasteiger partial charge < -0.3 is 15.8 Å². The molecule has 0 radical (unpaired) electrons. The van der Waals surface area contributed by atoms with E-state index in [0.29, 0.717) is 27.2 Å². The monoisotopic (exact) mass is 310 g/mol. The van der Waals surface area contributed by atoms with Crippen molar-refractivity contribution in [3.05, 3.63) is 46.4 Å². The number of para-hydroxylation sites is 1. The first-order valence-corrected chi connectivity index (χ1v) is 7.01. The summed E-state index contributed by atoms with van der Waals surface area (Å²) in [6.45, 7) is 3.90. The van der Waals surface area contributed by atoms with Crippen LogP contribution in [0.3, 0.4) is 0 Å². The number of halogens is 2. The van der Waals surface area contributed by atoms with E-state index in [1.165, 1.54) is 0 Å². The molecule has 2 aromatic carbocycles. The molecule has 3 N–H and O–H groups in total. The normalized spacial score (nSPS) is 10.7. The third-order valence-electron chi connectivity index (χ3n) is 2.65. The molecule has 0 amide bonds. The summed E-state index contributed by atoms with van der Waals surface area (Å²) in [7, 11) is 0. The van der Waals surface area contributed by atoms with Crippen molar-refractivity contribution >= 4 is 40.3 Å². The van der Waals surface area contributed by atoms with E-state index >= 15 is 0 Å². The first-order chi connectivity index (χ1) is 9.49. The van der Waals surface area contributed by atoms with Gasteiger partial charge in [-0.3, -0.25) is 0 Å². The van der Waals surface area contributed by atoms with Crippen LogP contribution in [0.25, 0.3) is 0 Å².